The summed E-state index contributed by atoms with van der Waals surface area (Å²) in [5, 5.41) is 9.89. The topological polar surface area (TPSA) is 157 Å². The average molecular weight is 231 g/mol. The molecule has 0 aliphatic carbocycles. The van der Waals surface area contributed by atoms with Crippen LogP contribution in [-0.4, -0.2) is 55.7 Å². The molecule has 14 heavy (non-hydrogen) atoms. The second-order valence-electron chi connectivity index (χ2n) is 3.23. The summed E-state index contributed by atoms with van der Waals surface area (Å²) in [6, 6.07) is 0. The van der Waals surface area contributed by atoms with Gasteiger partial charge in [0, 0.05) is 10.4 Å². The molecule has 0 bridgehead atoms. The summed E-state index contributed by atoms with van der Waals surface area (Å²) in [7, 11) is 0.238. The van der Waals surface area contributed by atoms with Crippen molar-refractivity contribution >= 4 is 16.4 Å². The van der Waals surface area contributed by atoms with Crippen molar-refractivity contribution in [2.75, 3.05) is 27.7 Å². The predicted molar refractivity (Wildman–Crippen MR) is 44.4 cm³/mol. The highest BCUT2D eigenvalue weighted by Crippen LogP contribution is 1.84. The zero-order valence-corrected chi connectivity index (χ0v) is 9.33. The van der Waals surface area contributed by atoms with Gasteiger partial charge in [0.05, 0.1) is 27.1 Å². The van der Waals surface area contributed by atoms with Gasteiger partial charge in [0.1, 0.15) is 6.54 Å². The van der Waals surface area contributed by atoms with Gasteiger partial charge in [-0.05, 0) is 0 Å². The van der Waals surface area contributed by atoms with Crippen molar-refractivity contribution in [3.05, 3.63) is 0 Å². The quantitative estimate of drug-likeness (QED) is 0.314. The van der Waals surface area contributed by atoms with Crippen molar-refractivity contribution in [1.82, 2.24) is 6.15 Å². The first kappa shape index (κ1) is 18.9. The lowest BCUT2D eigenvalue weighted by Crippen LogP contribution is -2.45. The number of carboxylic acids is 1. The molecular formula is C5H15N2O6S-. The first-order valence-electron chi connectivity index (χ1n) is 3.09. The van der Waals surface area contributed by atoms with Gasteiger partial charge in [0.15, 0.2) is 0 Å². The van der Waals surface area contributed by atoms with Crippen LogP contribution >= 0.6 is 0 Å². The molecule has 4 N–H and O–H groups in total. The van der Waals surface area contributed by atoms with E-state index >= 15 is 0 Å². The molecule has 0 aromatic rings. The predicted octanol–water partition coefficient (Wildman–Crippen LogP) is -2.52. The number of carboxylic acid groups (broad SMARTS) is 1. The first-order chi connectivity index (χ1) is 5.42. The molecule has 0 amide bonds. The molecule has 0 aliphatic rings. The molecule has 0 rings (SSSR count). The molecule has 0 spiro atoms. The maximum Gasteiger partial charge on any atom is 0.118 e. The fourth-order valence-corrected chi connectivity index (χ4v) is 0.387. The van der Waals surface area contributed by atoms with Crippen LogP contribution in [0.25, 0.3) is 0 Å². The zero-order valence-electron chi connectivity index (χ0n) is 8.51. The molecule has 0 aromatic carbocycles. The second-order valence-corrected chi connectivity index (χ2v) is 4.05. The molecule has 9 heteroatoms. The minimum absolute atomic E-state index is 0. The Hall–Kier alpha value is -0.740. The number of aliphatic carboxylic acids is 1. The number of carbonyl (C=O) groups is 1. The van der Waals surface area contributed by atoms with Crippen LogP contribution in [-0.2, 0) is 15.2 Å². The fraction of sp³-hybridized carbons (Fsp3) is 0.800. The number of nitrogens with zero attached hydrogens (tertiary/aromatic N) is 1. The van der Waals surface area contributed by atoms with E-state index in [1.165, 1.54) is 0 Å². The normalized spacial score (nSPS) is 10.6. The largest absolute Gasteiger partial charge is 0.759 e. The van der Waals surface area contributed by atoms with Gasteiger partial charge in [-0.1, -0.05) is 0 Å². The van der Waals surface area contributed by atoms with E-state index in [2.05, 4.69) is 0 Å². The molecule has 0 unspecified atom stereocenters. The van der Waals surface area contributed by atoms with E-state index in [0.29, 0.717) is 4.48 Å². The van der Waals surface area contributed by atoms with Crippen molar-refractivity contribution in [3.8, 4) is 0 Å². The summed E-state index contributed by atoms with van der Waals surface area (Å²) in [4.78, 5) is 9.89. The van der Waals surface area contributed by atoms with Crippen LogP contribution in [0.5, 0.6) is 0 Å². The standard InChI is InChI=1S/C5H11NO2.H3N.H2O4S/c1-6(2,3)4-5(7)8;;1-5(2,3)4/h4H2,1-3H3;1H3;(H2,1,2,3,4)/p-1. The van der Waals surface area contributed by atoms with E-state index in [1.54, 1.807) is 21.1 Å². The monoisotopic (exact) mass is 231 g/mol. The molecule has 0 fully saturated rings. The van der Waals surface area contributed by atoms with Crippen molar-refractivity contribution in [2.45, 2.75) is 0 Å². The number of hydrogen-bond donors (Lipinski definition) is 1. The Labute approximate surface area is 82.9 Å². The van der Waals surface area contributed by atoms with Gasteiger partial charge in [-0.15, -0.1) is 0 Å². The summed E-state index contributed by atoms with van der Waals surface area (Å²) in [5.74, 6) is -1.00. The van der Waals surface area contributed by atoms with Crippen molar-refractivity contribution in [3.63, 3.8) is 0 Å². The summed E-state index contributed by atoms with van der Waals surface area (Å²) >= 11 is 0. The number of likely N-dealkylation sites (N-methyl/N-ethyl adjacent to an activating group) is 1. The van der Waals surface area contributed by atoms with E-state index in [9.17, 15) is 9.90 Å². The van der Waals surface area contributed by atoms with Crippen LogP contribution in [0.3, 0.4) is 0 Å². The zero-order chi connectivity index (χ0) is 11.3. The van der Waals surface area contributed by atoms with Crippen molar-refractivity contribution in [2.24, 2.45) is 0 Å². The summed E-state index contributed by atoms with van der Waals surface area (Å²) in [5.41, 5.74) is 0. The Balaban J connectivity index is -0.000000177. The van der Waals surface area contributed by atoms with Crippen molar-refractivity contribution in [1.29, 1.82) is 0 Å². The van der Waals surface area contributed by atoms with E-state index in [4.69, 9.17) is 17.5 Å². The third-order valence-corrected chi connectivity index (χ3v) is 0.603. The van der Waals surface area contributed by atoms with Gasteiger partial charge < -0.3 is 29.6 Å². The molecule has 0 saturated carbocycles. The minimum atomic E-state index is -5.17. The highest BCUT2D eigenvalue weighted by Gasteiger charge is 2.04. The van der Waals surface area contributed by atoms with E-state index in [1.807, 2.05) is 0 Å². The molecule has 0 atom stereocenters. The van der Waals surface area contributed by atoms with E-state index in [-0.39, 0.29) is 12.7 Å². The summed E-state index contributed by atoms with van der Waals surface area (Å²) < 4.78 is 34.5. The molecular weight excluding hydrogens is 216 g/mol. The molecule has 0 aliphatic heterocycles. The summed E-state index contributed by atoms with van der Waals surface area (Å²) in [6.45, 7) is 0.0694. The number of rotatable bonds is 2. The lowest BCUT2D eigenvalue weighted by atomic mass is 10.5. The maximum absolute atomic E-state index is 9.89. The highest BCUT2D eigenvalue weighted by atomic mass is 32.3. The first-order valence-corrected chi connectivity index (χ1v) is 4.42. The number of carbonyl (C=O) groups excluding carboxylic acids is 1. The number of quaternary nitrogens is 2. The van der Waals surface area contributed by atoms with Gasteiger partial charge in [-0.25, -0.2) is 0 Å². The van der Waals surface area contributed by atoms with Crippen LogP contribution in [0.2, 0.25) is 0 Å². The lowest BCUT2D eigenvalue weighted by molar-refractivity contribution is -0.864. The van der Waals surface area contributed by atoms with Gasteiger partial charge in [-0.3, -0.25) is 8.42 Å². The Bertz CT molecular complexity index is 246. The van der Waals surface area contributed by atoms with Gasteiger partial charge in [0.25, 0.3) is 0 Å². The average Bonchev–Trinajstić information content (AvgIpc) is 1.47. The third-order valence-electron chi connectivity index (χ3n) is 0.603. The minimum Gasteiger partial charge on any atom is -0.759 e. The molecule has 0 saturated heterocycles. The van der Waals surface area contributed by atoms with E-state index < -0.39 is 16.4 Å². The van der Waals surface area contributed by atoms with Gasteiger partial charge >= 0.3 is 0 Å². The third kappa shape index (κ3) is 65.3. The number of hydrogen-bond acceptors (Lipinski definition) is 6. The Morgan fingerprint density at radius 3 is 1.43 bits per heavy atom. The van der Waals surface area contributed by atoms with Crippen LogP contribution in [0, 0.1) is 0 Å². The SMILES string of the molecule is C[N+](C)(C)CC(=O)[O-].O=S(=O)([O-])[O-].[NH4+]. The van der Waals surface area contributed by atoms with Crippen LogP contribution in [0.1, 0.15) is 0 Å². The van der Waals surface area contributed by atoms with Crippen molar-refractivity contribution < 1.29 is 31.9 Å². The second kappa shape index (κ2) is 6.68. The lowest BCUT2D eigenvalue weighted by Gasteiger charge is -2.23. The summed E-state index contributed by atoms with van der Waals surface area (Å²) in [6.07, 6.45) is 0. The molecule has 0 heterocycles. The molecule has 0 radical (unpaired) electrons. The molecule has 0 aromatic heterocycles. The Kier molecular flexibility index (Phi) is 9.03. The Morgan fingerprint density at radius 2 is 1.43 bits per heavy atom. The van der Waals surface area contributed by atoms with E-state index in [0.717, 1.165) is 0 Å². The Morgan fingerprint density at radius 1 is 1.21 bits per heavy atom. The van der Waals surface area contributed by atoms with Crippen LogP contribution < -0.4 is 11.3 Å². The van der Waals surface area contributed by atoms with Gasteiger partial charge in [0.2, 0.25) is 0 Å². The fourth-order valence-electron chi connectivity index (χ4n) is 0.387. The smallest absolute Gasteiger partial charge is 0.118 e. The maximum atomic E-state index is 9.89. The highest BCUT2D eigenvalue weighted by molar-refractivity contribution is 7.79. The van der Waals surface area contributed by atoms with Crippen LogP contribution in [0.4, 0.5) is 0 Å². The molecule has 8 nitrogen and oxygen atoms in total. The molecule has 88 valence electrons. The van der Waals surface area contributed by atoms with Gasteiger partial charge in [-0.2, -0.15) is 0 Å². The van der Waals surface area contributed by atoms with Crippen LogP contribution in [0.15, 0.2) is 0 Å².